The Morgan fingerprint density at radius 1 is 1.10 bits per heavy atom. The number of primary amides is 1. The summed E-state index contributed by atoms with van der Waals surface area (Å²) in [6.07, 6.45) is 7.73. The molecular formula is C25H29ClN2O3. The van der Waals surface area contributed by atoms with E-state index in [1.54, 1.807) is 17.0 Å². The standard InChI is InChI=1S/C25H29ClN2O3/c1-2-3-4-5-6-7-11-24(29)28-17-18-12-13-22(14-19(18)15-23(28)25(27)30)31-21-10-8-9-20(26)16-21/h2,8-10,12-14,16,23H,1,3-7,11,15,17H2,(H2,27,30). The van der Waals surface area contributed by atoms with Crippen molar-refractivity contribution in [2.24, 2.45) is 5.73 Å². The lowest BCUT2D eigenvalue weighted by Gasteiger charge is -2.35. The molecule has 0 spiro atoms. The van der Waals surface area contributed by atoms with E-state index in [4.69, 9.17) is 22.1 Å². The van der Waals surface area contributed by atoms with E-state index in [2.05, 4.69) is 6.58 Å². The van der Waals surface area contributed by atoms with Gasteiger partial charge in [0.05, 0.1) is 0 Å². The lowest BCUT2D eigenvalue weighted by Crippen LogP contribution is -2.51. The van der Waals surface area contributed by atoms with Gasteiger partial charge in [-0.2, -0.15) is 0 Å². The van der Waals surface area contributed by atoms with Crippen molar-refractivity contribution in [1.82, 2.24) is 4.90 Å². The number of fused-ring (bicyclic) bond motifs is 1. The van der Waals surface area contributed by atoms with Gasteiger partial charge in [-0.25, -0.2) is 0 Å². The fraction of sp³-hybridized carbons (Fsp3) is 0.360. The number of carbonyl (C=O) groups is 2. The Morgan fingerprint density at radius 3 is 2.61 bits per heavy atom. The topological polar surface area (TPSA) is 72.6 Å². The molecule has 2 aromatic carbocycles. The van der Waals surface area contributed by atoms with Gasteiger partial charge >= 0.3 is 0 Å². The minimum atomic E-state index is -0.637. The normalized spacial score (nSPS) is 15.3. The first-order valence-corrected chi connectivity index (χ1v) is 11.1. The van der Waals surface area contributed by atoms with Crippen LogP contribution in [-0.4, -0.2) is 22.8 Å². The van der Waals surface area contributed by atoms with E-state index in [0.717, 1.165) is 43.2 Å². The molecule has 6 heteroatoms. The predicted molar refractivity (Wildman–Crippen MR) is 123 cm³/mol. The van der Waals surface area contributed by atoms with Crippen LogP contribution in [-0.2, 0) is 22.6 Å². The molecule has 0 saturated carbocycles. The molecule has 5 nitrogen and oxygen atoms in total. The summed E-state index contributed by atoms with van der Waals surface area (Å²) in [6, 6.07) is 12.3. The van der Waals surface area contributed by atoms with E-state index in [1.165, 1.54) is 0 Å². The zero-order valence-corrected chi connectivity index (χ0v) is 18.4. The molecule has 0 aromatic heterocycles. The summed E-state index contributed by atoms with van der Waals surface area (Å²) in [7, 11) is 0. The second-order valence-corrected chi connectivity index (χ2v) is 8.31. The van der Waals surface area contributed by atoms with E-state index in [1.807, 2.05) is 36.4 Å². The highest BCUT2D eigenvalue weighted by atomic mass is 35.5. The minimum Gasteiger partial charge on any atom is -0.457 e. The Balaban J connectivity index is 1.66. The molecule has 1 aliphatic rings. The summed E-state index contributed by atoms with van der Waals surface area (Å²) >= 11 is 6.02. The van der Waals surface area contributed by atoms with Crippen LogP contribution in [0.5, 0.6) is 11.5 Å². The number of ether oxygens (including phenoxy) is 1. The van der Waals surface area contributed by atoms with Crippen molar-refractivity contribution in [3.05, 3.63) is 71.3 Å². The van der Waals surface area contributed by atoms with Crippen LogP contribution in [0.4, 0.5) is 0 Å². The van der Waals surface area contributed by atoms with Crippen molar-refractivity contribution in [2.45, 2.75) is 57.5 Å². The van der Waals surface area contributed by atoms with Crippen LogP contribution in [0, 0.1) is 0 Å². The van der Waals surface area contributed by atoms with Crippen molar-refractivity contribution in [3.8, 4) is 11.5 Å². The summed E-state index contributed by atoms with van der Waals surface area (Å²) < 4.78 is 5.90. The van der Waals surface area contributed by atoms with E-state index in [-0.39, 0.29) is 5.91 Å². The zero-order chi connectivity index (χ0) is 22.2. The molecule has 0 aliphatic carbocycles. The molecule has 2 aromatic rings. The highest BCUT2D eigenvalue weighted by molar-refractivity contribution is 6.30. The van der Waals surface area contributed by atoms with Gasteiger partial charge in [0.1, 0.15) is 17.5 Å². The number of nitrogens with zero attached hydrogens (tertiary/aromatic N) is 1. The molecular weight excluding hydrogens is 412 g/mol. The van der Waals surface area contributed by atoms with Crippen molar-refractivity contribution in [1.29, 1.82) is 0 Å². The van der Waals surface area contributed by atoms with Crippen molar-refractivity contribution in [3.63, 3.8) is 0 Å². The molecule has 0 radical (unpaired) electrons. The van der Waals surface area contributed by atoms with Crippen molar-refractivity contribution < 1.29 is 14.3 Å². The van der Waals surface area contributed by atoms with Gasteiger partial charge in [0.25, 0.3) is 0 Å². The molecule has 3 rings (SSSR count). The van der Waals surface area contributed by atoms with E-state index < -0.39 is 11.9 Å². The van der Waals surface area contributed by atoms with Gasteiger partial charge in [0.15, 0.2) is 0 Å². The van der Waals surface area contributed by atoms with Crippen LogP contribution in [0.15, 0.2) is 55.1 Å². The number of halogens is 1. The summed E-state index contributed by atoms with van der Waals surface area (Å²) in [5.74, 6) is 0.798. The average molecular weight is 441 g/mol. The van der Waals surface area contributed by atoms with Crippen LogP contribution >= 0.6 is 11.6 Å². The van der Waals surface area contributed by atoms with Crippen molar-refractivity contribution >= 4 is 23.4 Å². The second kappa shape index (κ2) is 11.0. The number of benzene rings is 2. The highest BCUT2D eigenvalue weighted by Gasteiger charge is 2.33. The Kier molecular flexibility index (Phi) is 8.13. The third-order valence-corrected chi connectivity index (χ3v) is 5.77. The molecule has 2 amide bonds. The molecule has 0 fully saturated rings. The minimum absolute atomic E-state index is 0.0163. The average Bonchev–Trinajstić information content (AvgIpc) is 2.75. The van der Waals surface area contributed by atoms with E-state index in [0.29, 0.717) is 35.9 Å². The monoisotopic (exact) mass is 440 g/mol. The summed E-state index contributed by atoms with van der Waals surface area (Å²) in [4.78, 5) is 26.6. The molecule has 1 heterocycles. The lowest BCUT2D eigenvalue weighted by atomic mass is 9.92. The van der Waals surface area contributed by atoms with E-state index in [9.17, 15) is 9.59 Å². The van der Waals surface area contributed by atoms with Gasteiger partial charge in [-0.05, 0) is 60.7 Å². The quantitative estimate of drug-likeness (QED) is 0.397. The van der Waals surface area contributed by atoms with Crippen molar-refractivity contribution in [2.75, 3.05) is 0 Å². The predicted octanol–water partition coefficient (Wildman–Crippen LogP) is 5.40. The third kappa shape index (κ3) is 6.34. The lowest BCUT2D eigenvalue weighted by molar-refractivity contribution is -0.140. The Bertz CT molecular complexity index is 944. The van der Waals surface area contributed by atoms with Crippen LogP contribution < -0.4 is 10.5 Å². The van der Waals surface area contributed by atoms with Gasteiger partial charge in [0.2, 0.25) is 11.8 Å². The maximum atomic E-state index is 12.8. The first-order chi connectivity index (χ1) is 15.0. The fourth-order valence-electron chi connectivity index (χ4n) is 3.87. The number of hydrogen-bond acceptors (Lipinski definition) is 3. The number of unbranched alkanes of at least 4 members (excludes halogenated alkanes) is 4. The third-order valence-electron chi connectivity index (χ3n) is 5.54. The number of hydrogen-bond donors (Lipinski definition) is 1. The molecule has 0 bridgehead atoms. The van der Waals surface area contributed by atoms with Gasteiger partial charge < -0.3 is 15.4 Å². The Labute approximate surface area is 188 Å². The molecule has 164 valence electrons. The maximum absolute atomic E-state index is 12.8. The highest BCUT2D eigenvalue weighted by Crippen LogP contribution is 2.30. The van der Waals surface area contributed by atoms with Crippen LogP contribution in [0.2, 0.25) is 5.02 Å². The van der Waals surface area contributed by atoms with Gasteiger partial charge in [-0.3, -0.25) is 9.59 Å². The summed E-state index contributed by atoms with van der Waals surface area (Å²) in [6.45, 7) is 4.11. The number of amides is 2. The number of nitrogens with two attached hydrogens (primary N) is 1. The molecule has 1 aliphatic heterocycles. The van der Waals surface area contributed by atoms with Crippen LogP contribution in [0.25, 0.3) is 0 Å². The van der Waals surface area contributed by atoms with Gasteiger partial charge in [0, 0.05) is 24.4 Å². The maximum Gasteiger partial charge on any atom is 0.240 e. The second-order valence-electron chi connectivity index (χ2n) is 7.88. The molecule has 1 unspecified atom stereocenters. The van der Waals surface area contributed by atoms with E-state index >= 15 is 0 Å². The SMILES string of the molecule is C=CCCCCCCC(=O)N1Cc2ccc(Oc3cccc(Cl)c3)cc2CC1C(N)=O. The molecule has 1 atom stereocenters. The molecule has 2 N–H and O–H groups in total. The smallest absolute Gasteiger partial charge is 0.240 e. The Hall–Kier alpha value is -2.79. The number of allylic oxidation sites excluding steroid dienone is 1. The van der Waals surface area contributed by atoms with Gasteiger partial charge in [-0.15, -0.1) is 6.58 Å². The summed E-state index contributed by atoms with van der Waals surface area (Å²) in [5, 5.41) is 0.596. The number of carbonyl (C=O) groups excluding carboxylic acids is 2. The van der Waals surface area contributed by atoms with Gasteiger partial charge in [-0.1, -0.05) is 42.7 Å². The summed E-state index contributed by atoms with van der Waals surface area (Å²) in [5.41, 5.74) is 7.63. The molecule has 0 saturated heterocycles. The first-order valence-electron chi connectivity index (χ1n) is 10.7. The zero-order valence-electron chi connectivity index (χ0n) is 17.7. The number of rotatable bonds is 10. The van der Waals surface area contributed by atoms with Crippen LogP contribution in [0.3, 0.4) is 0 Å². The first kappa shape index (κ1) is 22.9. The Morgan fingerprint density at radius 2 is 1.87 bits per heavy atom. The molecule has 31 heavy (non-hydrogen) atoms. The fourth-order valence-corrected chi connectivity index (χ4v) is 4.05. The van der Waals surface area contributed by atoms with Crippen LogP contribution in [0.1, 0.15) is 49.7 Å². The largest absolute Gasteiger partial charge is 0.457 e.